The maximum atomic E-state index is 6.16. The Labute approximate surface area is 138 Å². The first-order valence-corrected chi connectivity index (χ1v) is 7.80. The van der Waals surface area contributed by atoms with Gasteiger partial charge in [-0.15, -0.1) is 0 Å². The van der Waals surface area contributed by atoms with E-state index >= 15 is 0 Å². The van der Waals surface area contributed by atoms with Gasteiger partial charge in [-0.1, -0.05) is 27.5 Å². The number of nitrogen functional groups attached to an aromatic ring is 1. The van der Waals surface area contributed by atoms with Crippen molar-refractivity contribution in [3.8, 4) is 11.4 Å². The first kappa shape index (κ1) is 13.9. The molecule has 0 aliphatic rings. The summed E-state index contributed by atoms with van der Waals surface area (Å²) in [7, 11) is 1.97. The summed E-state index contributed by atoms with van der Waals surface area (Å²) >= 11 is 13.0. The highest BCUT2D eigenvalue weighted by Crippen LogP contribution is 2.36. The molecule has 0 bridgehead atoms. The lowest BCUT2D eigenvalue weighted by Gasteiger charge is -2.08. The third kappa shape index (κ3) is 2.24. The zero-order valence-corrected chi connectivity index (χ0v) is 14.4. The van der Waals surface area contributed by atoms with Crippen LogP contribution in [-0.2, 0) is 7.05 Å². The molecule has 0 fully saturated rings. The number of aromatic nitrogens is 2. The third-order valence-corrected chi connectivity index (χ3v) is 4.53. The number of anilines is 1. The van der Waals surface area contributed by atoms with E-state index < -0.39 is 0 Å². The van der Waals surface area contributed by atoms with E-state index in [9.17, 15) is 0 Å². The van der Waals surface area contributed by atoms with Crippen LogP contribution < -0.4 is 5.73 Å². The number of nitrogens with zero attached hydrogens (tertiary/aromatic N) is 2. The van der Waals surface area contributed by atoms with Gasteiger partial charge in [0.2, 0.25) is 0 Å². The van der Waals surface area contributed by atoms with Crippen LogP contribution in [0.2, 0.25) is 5.02 Å². The normalized spacial score (nSPS) is 11.2. The maximum absolute atomic E-state index is 6.16. The van der Waals surface area contributed by atoms with Gasteiger partial charge in [-0.25, -0.2) is 4.98 Å². The van der Waals surface area contributed by atoms with Gasteiger partial charge in [0, 0.05) is 26.6 Å². The number of imidazole rings is 1. The van der Waals surface area contributed by atoms with Crippen molar-refractivity contribution in [1.29, 1.82) is 0 Å². The van der Waals surface area contributed by atoms with Crippen molar-refractivity contribution in [3.63, 3.8) is 0 Å². The molecule has 0 saturated carbocycles. The molecule has 0 saturated heterocycles. The summed E-state index contributed by atoms with van der Waals surface area (Å²) in [5.41, 5.74) is 9.56. The summed E-state index contributed by atoms with van der Waals surface area (Å²) in [6, 6.07) is 9.54. The van der Waals surface area contributed by atoms with Crippen molar-refractivity contribution in [3.05, 3.63) is 44.3 Å². The van der Waals surface area contributed by atoms with Crippen LogP contribution in [0.25, 0.3) is 22.4 Å². The van der Waals surface area contributed by atoms with E-state index in [-0.39, 0.29) is 0 Å². The van der Waals surface area contributed by atoms with Crippen molar-refractivity contribution in [1.82, 2.24) is 9.55 Å². The molecule has 2 N–H and O–H groups in total. The average Bonchev–Trinajstić information content (AvgIpc) is 2.70. The fourth-order valence-corrected chi connectivity index (χ4v) is 3.58. The summed E-state index contributed by atoms with van der Waals surface area (Å²) < 4.78 is 3.79. The number of fused-ring (bicyclic) bond motifs is 1. The smallest absolute Gasteiger partial charge is 0.143 e. The second-order valence-electron chi connectivity index (χ2n) is 4.48. The highest BCUT2D eigenvalue weighted by molar-refractivity contribution is 9.11. The molecule has 3 nitrogen and oxygen atoms in total. The highest BCUT2D eigenvalue weighted by atomic mass is 79.9. The Hall–Kier alpha value is -1.04. The summed E-state index contributed by atoms with van der Waals surface area (Å²) in [4.78, 5) is 4.64. The fraction of sp³-hybridized carbons (Fsp3) is 0.0714. The number of rotatable bonds is 1. The van der Waals surface area contributed by atoms with Gasteiger partial charge in [0.1, 0.15) is 5.82 Å². The molecule has 1 heterocycles. The Bertz CT molecular complexity index is 827. The molecule has 0 amide bonds. The van der Waals surface area contributed by atoms with Crippen LogP contribution in [0.15, 0.2) is 39.3 Å². The molecule has 3 rings (SSSR count). The van der Waals surface area contributed by atoms with Gasteiger partial charge in [-0.2, -0.15) is 0 Å². The Balaban J connectivity index is 2.32. The fourth-order valence-electron chi connectivity index (χ4n) is 2.18. The zero-order valence-electron chi connectivity index (χ0n) is 10.5. The van der Waals surface area contributed by atoms with Crippen molar-refractivity contribution in [2.45, 2.75) is 0 Å². The average molecular weight is 416 g/mol. The summed E-state index contributed by atoms with van der Waals surface area (Å²) in [5, 5.41) is 0.672. The first-order chi connectivity index (χ1) is 9.47. The topological polar surface area (TPSA) is 43.8 Å². The van der Waals surface area contributed by atoms with Gasteiger partial charge in [0.15, 0.2) is 0 Å². The SMILES string of the molecule is Cn1c(-c2cc(Br)cc(Br)c2N)nc2cc(Cl)ccc21. The molecule has 3 aromatic rings. The predicted molar refractivity (Wildman–Crippen MR) is 91.0 cm³/mol. The lowest BCUT2D eigenvalue weighted by Crippen LogP contribution is -1.98. The van der Waals surface area contributed by atoms with E-state index in [0.29, 0.717) is 10.7 Å². The quantitative estimate of drug-likeness (QED) is 0.569. The lowest BCUT2D eigenvalue weighted by molar-refractivity contribution is 0.959. The van der Waals surface area contributed by atoms with Crippen molar-refractivity contribution < 1.29 is 0 Å². The van der Waals surface area contributed by atoms with Gasteiger partial charge in [-0.05, 0) is 46.3 Å². The number of nitrogens with two attached hydrogens (primary N) is 1. The number of hydrogen-bond donors (Lipinski definition) is 1. The van der Waals surface area contributed by atoms with Gasteiger partial charge < -0.3 is 10.3 Å². The minimum atomic E-state index is 0.665. The summed E-state index contributed by atoms with van der Waals surface area (Å²) in [6.07, 6.45) is 0. The molecule has 2 aromatic carbocycles. The molecule has 6 heteroatoms. The van der Waals surface area contributed by atoms with Crippen LogP contribution in [0.1, 0.15) is 0 Å². The van der Waals surface area contributed by atoms with Crippen molar-refractivity contribution in [2.24, 2.45) is 7.05 Å². The molecule has 0 aliphatic carbocycles. The molecule has 0 aliphatic heterocycles. The molecule has 0 unspecified atom stereocenters. The van der Waals surface area contributed by atoms with E-state index in [1.165, 1.54) is 0 Å². The van der Waals surface area contributed by atoms with Crippen LogP contribution in [0.4, 0.5) is 5.69 Å². The molecule has 0 radical (unpaired) electrons. The van der Waals surface area contributed by atoms with E-state index in [1.54, 1.807) is 0 Å². The van der Waals surface area contributed by atoms with Crippen molar-refractivity contribution in [2.75, 3.05) is 5.73 Å². The zero-order chi connectivity index (χ0) is 14.4. The van der Waals surface area contributed by atoms with Gasteiger partial charge in [0.25, 0.3) is 0 Å². The predicted octanol–water partition coefficient (Wildman–Crippen LogP) is 5.00. The van der Waals surface area contributed by atoms with Crippen LogP contribution in [0.3, 0.4) is 0 Å². The number of benzene rings is 2. The number of aryl methyl sites for hydroxylation is 1. The molecule has 1 aromatic heterocycles. The Morgan fingerprint density at radius 2 is 1.95 bits per heavy atom. The van der Waals surface area contributed by atoms with Crippen molar-refractivity contribution >= 4 is 60.2 Å². The minimum Gasteiger partial charge on any atom is -0.397 e. The van der Waals surface area contributed by atoms with Crippen LogP contribution in [0, 0.1) is 0 Å². The van der Waals surface area contributed by atoms with Gasteiger partial charge in [-0.3, -0.25) is 0 Å². The van der Waals surface area contributed by atoms with Crippen LogP contribution >= 0.6 is 43.5 Å². The highest BCUT2D eigenvalue weighted by Gasteiger charge is 2.15. The monoisotopic (exact) mass is 413 g/mol. The standard InChI is InChI=1S/C14H10Br2ClN3/c1-20-12-3-2-8(17)6-11(12)19-14(20)9-4-7(15)5-10(16)13(9)18/h2-6H,18H2,1H3. The maximum Gasteiger partial charge on any atom is 0.143 e. The second-order valence-corrected chi connectivity index (χ2v) is 6.68. The Morgan fingerprint density at radius 1 is 1.20 bits per heavy atom. The molecule has 0 atom stereocenters. The van der Waals surface area contributed by atoms with E-state index in [2.05, 4.69) is 36.8 Å². The molecular weight excluding hydrogens is 405 g/mol. The van der Waals surface area contributed by atoms with Crippen LogP contribution in [-0.4, -0.2) is 9.55 Å². The van der Waals surface area contributed by atoms with E-state index in [1.807, 2.05) is 41.9 Å². The van der Waals surface area contributed by atoms with Crippen LogP contribution in [0.5, 0.6) is 0 Å². The summed E-state index contributed by atoms with van der Waals surface area (Å²) in [6.45, 7) is 0. The second kappa shape index (κ2) is 5.06. The minimum absolute atomic E-state index is 0.665. The van der Waals surface area contributed by atoms with E-state index in [4.69, 9.17) is 17.3 Å². The molecule has 0 spiro atoms. The number of hydrogen-bond acceptors (Lipinski definition) is 2. The van der Waals surface area contributed by atoms with Gasteiger partial charge >= 0.3 is 0 Å². The Morgan fingerprint density at radius 3 is 2.70 bits per heavy atom. The first-order valence-electron chi connectivity index (χ1n) is 5.84. The lowest BCUT2D eigenvalue weighted by atomic mass is 10.1. The largest absolute Gasteiger partial charge is 0.397 e. The summed E-state index contributed by atoms with van der Waals surface area (Å²) in [5.74, 6) is 0.807. The molecular formula is C14H10Br2ClN3. The molecule has 102 valence electrons. The number of halogens is 3. The van der Waals surface area contributed by atoms with E-state index in [0.717, 1.165) is 31.4 Å². The van der Waals surface area contributed by atoms with Gasteiger partial charge in [0.05, 0.1) is 16.7 Å². The molecule has 20 heavy (non-hydrogen) atoms. The third-order valence-electron chi connectivity index (χ3n) is 3.18. The Kier molecular flexibility index (Phi) is 3.52.